The van der Waals surface area contributed by atoms with E-state index >= 15 is 0 Å². The first kappa shape index (κ1) is 12.3. The Kier molecular flexibility index (Phi) is 4.12. The number of nitrogens with two attached hydrogens (primary N) is 2. The molecule has 0 saturated heterocycles. The summed E-state index contributed by atoms with van der Waals surface area (Å²) >= 11 is 3.26. The highest BCUT2D eigenvalue weighted by atomic mass is 79.9. The van der Waals surface area contributed by atoms with E-state index in [4.69, 9.17) is 16.2 Å². The number of phenolic OH excluding ortho intramolecular Hbond substituents is 1. The van der Waals surface area contributed by atoms with Crippen LogP contribution < -0.4 is 16.2 Å². The number of phenols is 1. The predicted octanol–water partition coefficient (Wildman–Crippen LogP) is 0.771. The fourth-order valence-corrected chi connectivity index (χ4v) is 1.41. The van der Waals surface area contributed by atoms with Gasteiger partial charge in [-0.3, -0.25) is 0 Å². The van der Waals surface area contributed by atoms with Gasteiger partial charge in [-0.15, -0.1) is 5.10 Å². The summed E-state index contributed by atoms with van der Waals surface area (Å²) in [6.45, 7) is 0. The van der Waals surface area contributed by atoms with Gasteiger partial charge in [0.25, 0.3) is 0 Å². The van der Waals surface area contributed by atoms with Crippen LogP contribution in [0, 0.1) is 0 Å². The highest BCUT2D eigenvalue weighted by molar-refractivity contribution is 9.10. The molecule has 0 aliphatic heterocycles. The number of aromatic hydroxyl groups is 1. The Morgan fingerprint density at radius 2 is 2.19 bits per heavy atom. The third-order valence-electron chi connectivity index (χ3n) is 1.67. The van der Waals surface area contributed by atoms with Gasteiger partial charge in [0.1, 0.15) is 0 Å². The molecule has 0 amide bonds. The Balaban J connectivity index is 3.05. The number of hydrogen-bond donors (Lipinski definition) is 3. The molecule has 86 valence electrons. The lowest BCUT2D eigenvalue weighted by molar-refractivity contribution is 0.373. The molecule has 0 bridgehead atoms. The van der Waals surface area contributed by atoms with Crippen LogP contribution in [-0.2, 0) is 0 Å². The minimum Gasteiger partial charge on any atom is -0.504 e. The first-order valence-corrected chi connectivity index (χ1v) is 5.02. The predicted molar refractivity (Wildman–Crippen MR) is 65.8 cm³/mol. The SMILES string of the molecule is COc1cc(C=NN=C(N)N)c(Br)cc1O. The minimum absolute atomic E-state index is 0.0355. The number of ether oxygens (including phenoxy) is 1. The molecule has 0 heterocycles. The van der Waals surface area contributed by atoms with E-state index in [0.717, 1.165) is 0 Å². The molecule has 7 heteroatoms. The van der Waals surface area contributed by atoms with Crippen molar-refractivity contribution in [3.05, 3.63) is 22.2 Å². The van der Waals surface area contributed by atoms with Gasteiger partial charge in [-0.1, -0.05) is 0 Å². The summed E-state index contributed by atoms with van der Waals surface area (Å²) in [6.07, 6.45) is 1.44. The number of halogens is 1. The van der Waals surface area contributed by atoms with Crippen molar-refractivity contribution in [2.45, 2.75) is 0 Å². The lowest BCUT2D eigenvalue weighted by Crippen LogP contribution is -2.21. The first-order chi connectivity index (χ1) is 7.54. The third-order valence-corrected chi connectivity index (χ3v) is 2.35. The normalized spacial score (nSPS) is 10.4. The number of methoxy groups -OCH3 is 1. The maximum atomic E-state index is 9.46. The Bertz CT molecular complexity index is 441. The summed E-state index contributed by atoms with van der Waals surface area (Å²) in [5.41, 5.74) is 10.9. The second kappa shape index (κ2) is 5.36. The zero-order valence-electron chi connectivity index (χ0n) is 8.51. The fraction of sp³-hybridized carbons (Fsp3) is 0.111. The average molecular weight is 287 g/mol. The molecular weight excluding hydrogens is 276 g/mol. The van der Waals surface area contributed by atoms with E-state index in [2.05, 4.69) is 26.1 Å². The van der Waals surface area contributed by atoms with E-state index in [1.807, 2.05) is 0 Å². The zero-order valence-corrected chi connectivity index (χ0v) is 10.1. The van der Waals surface area contributed by atoms with E-state index in [0.29, 0.717) is 15.8 Å². The number of nitrogens with zero attached hydrogens (tertiary/aromatic N) is 2. The van der Waals surface area contributed by atoms with Gasteiger partial charge in [0.15, 0.2) is 11.5 Å². The Morgan fingerprint density at radius 1 is 1.50 bits per heavy atom. The van der Waals surface area contributed by atoms with Gasteiger partial charge in [-0.05, 0) is 28.1 Å². The van der Waals surface area contributed by atoms with Crippen LogP contribution in [0.2, 0.25) is 0 Å². The second-order valence-electron chi connectivity index (χ2n) is 2.82. The van der Waals surface area contributed by atoms with Crippen molar-refractivity contribution in [1.82, 2.24) is 0 Å². The molecule has 0 aromatic heterocycles. The van der Waals surface area contributed by atoms with Crippen LogP contribution in [0.4, 0.5) is 0 Å². The molecule has 0 atom stereocenters. The van der Waals surface area contributed by atoms with Gasteiger partial charge in [0.2, 0.25) is 5.96 Å². The van der Waals surface area contributed by atoms with Crippen LogP contribution in [0.15, 0.2) is 26.8 Å². The second-order valence-corrected chi connectivity index (χ2v) is 3.67. The third kappa shape index (κ3) is 3.13. The monoisotopic (exact) mass is 286 g/mol. The van der Waals surface area contributed by atoms with Crippen molar-refractivity contribution in [3.63, 3.8) is 0 Å². The van der Waals surface area contributed by atoms with E-state index in [9.17, 15) is 5.11 Å². The van der Waals surface area contributed by atoms with E-state index < -0.39 is 0 Å². The summed E-state index contributed by atoms with van der Waals surface area (Å²) in [7, 11) is 1.46. The molecule has 1 aromatic rings. The summed E-state index contributed by atoms with van der Waals surface area (Å²) in [5, 5.41) is 16.6. The molecule has 0 aliphatic rings. The van der Waals surface area contributed by atoms with Crippen LogP contribution in [-0.4, -0.2) is 24.4 Å². The summed E-state index contributed by atoms with van der Waals surface area (Å²) in [6, 6.07) is 3.10. The first-order valence-electron chi connectivity index (χ1n) is 4.23. The molecule has 1 rings (SSSR count). The zero-order chi connectivity index (χ0) is 12.1. The van der Waals surface area contributed by atoms with E-state index in [1.165, 1.54) is 19.4 Å². The Labute approximate surface area is 101 Å². The minimum atomic E-state index is -0.127. The molecule has 0 saturated carbocycles. The van der Waals surface area contributed by atoms with Gasteiger partial charge in [0, 0.05) is 10.0 Å². The molecule has 6 nitrogen and oxygen atoms in total. The van der Waals surface area contributed by atoms with Gasteiger partial charge in [-0.25, -0.2) is 0 Å². The van der Waals surface area contributed by atoms with Crippen LogP contribution in [0.1, 0.15) is 5.56 Å². The molecule has 16 heavy (non-hydrogen) atoms. The molecule has 0 spiro atoms. The van der Waals surface area contributed by atoms with Gasteiger partial charge < -0.3 is 21.3 Å². The maximum absolute atomic E-state index is 9.46. The van der Waals surface area contributed by atoms with Crippen molar-refractivity contribution in [2.75, 3.05) is 7.11 Å². The number of benzene rings is 1. The van der Waals surface area contributed by atoms with Crippen molar-refractivity contribution in [3.8, 4) is 11.5 Å². The van der Waals surface area contributed by atoms with Gasteiger partial charge in [0.05, 0.1) is 13.3 Å². The quantitative estimate of drug-likeness (QED) is 0.433. The number of guanidine groups is 1. The summed E-state index contributed by atoms with van der Waals surface area (Å²) < 4.78 is 5.60. The van der Waals surface area contributed by atoms with E-state index in [1.54, 1.807) is 6.07 Å². The Hall–Kier alpha value is -1.76. The standard InChI is InChI=1S/C9H11BrN4O2/c1-16-8-2-5(4-13-14-9(11)12)6(10)3-7(8)15/h2-4,15H,1H3,(H4,11,12,14). The van der Waals surface area contributed by atoms with Crippen LogP contribution in [0.3, 0.4) is 0 Å². The van der Waals surface area contributed by atoms with Crippen molar-refractivity contribution >= 4 is 28.1 Å². The summed E-state index contributed by atoms with van der Waals surface area (Å²) in [4.78, 5) is 0. The van der Waals surface area contributed by atoms with Crippen molar-refractivity contribution in [1.29, 1.82) is 0 Å². The summed E-state index contributed by atoms with van der Waals surface area (Å²) in [5.74, 6) is 0.251. The molecule has 5 N–H and O–H groups in total. The topological polar surface area (TPSA) is 106 Å². The molecule has 1 aromatic carbocycles. The lowest BCUT2D eigenvalue weighted by atomic mass is 10.2. The smallest absolute Gasteiger partial charge is 0.211 e. The molecule has 0 aliphatic carbocycles. The van der Waals surface area contributed by atoms with Crippen LogP contribution in [0.25, 0.3) is 0 Å². The lowest BCUT2D eigenvalue weighted by Gasteiger charge is -2.05. The maximum Gasteiger partial charge on any atom is 0.211 e. The molecule has 0 unspecified atom stereocenters. The number of hydrogen-bond acceptors (Lipinski definition) is 4. The van der Waals surface area contributed by atoms with Crippen LogP contribution >= 0.6 is 15.9 Å². The van der Waals surface area contributed by atoms with Crippen molar-refractivity contribution in [2.24, 2.45) is 21.7 Å². The Morgan fingerprint density at radius 3 is 2.75 bits per heavy atom. The molecule has 0 radical (unpaired) electrons. The van der Waals surface area contributed by atoms with Crippen molar-refractivity contribution < 1.29 is 9.84 Å². The largest absolute Gasteiger partial charge is 0.504 e. The van der Waals surface area contributed by atoms with E-state index in [-0.39, 0.29) is 11.7 Å². The molecule has 0 fully saturated rings. The van der Waals surface area contributed by atoms with Crippen LogP contribution in [0.5, 0.6) is 11.5 Å². The average Bonchev–Trinajstić information content (AvgIpc) is 2.20. The fourth-order valence-electron chi connectivity index (χ4n) is 0.979. The highest BCUT2D eigenvalue weighted by Crippen LogP contribution is 2.31. The molecular formula is C9H11BrN4O2. The van der Waals surface area contributed by atoms with Gasteiger partial charge in [-0.2, -0.15) is 5.10 Å². The van der Waals surface area contributed by atoms with Gasteiger partial charge >= 0.3 is 0 Å². The highest BCUT2D eigenvalue weighted by Gasteiger charge is 2.06. The number of rotatable bonds is 3.